The van der Waals surface area contributed by atoms with Gasteiger partial charge in [-0.15, -0.1) is 0 Å². The van der Waals surface area contributed by atoms with Gasteiger partial charge in [-0.3, -0.25) is 9.10 Å². The molecule has 2 atom stereocenters. The number of rotatable bonds is 6. The standard InChI is InChI=1S/C21H26N2O5S/c1-14-6-5-7-18(12-14)23(29(4,25)26)16(3)21(24)22-15(2)17-8-9-19-20(13-17)28-11-10-27-19/h5-9,12-13,15-16H,10-11H2,1-4H3,(H,22,24)/t15-,16-/m0/s1. The number of carbonyl (C=O) groups is 1. The summed E-state index contributed by atoms with van der Waals surface area (Å²) < 4.78 is 37.1. The molecule has 2 aromatic rings. The number of benzene rings is 2. The molecule has 156 valence electrons. The maximum Gasteiger partial charge on any atom is 0.244 e. The van der Waals surface area contributed by atoms with E-state index in [-0.39, 0.29) is 11.9 Å². The van der Waals surface area contributed by atoms with Crippen LogP contribution in [0.4, 0.5) is 5.69 Å². The first kappa shape index (κ1) is 21.0. The summed E-state index contributed by atoms with van der Waals surface area (Å²) >= 11 is 0. The number of nitrogens with one attached hydrogen (secondary N) is 1. The lowest BCUT2D eigenvalue weighted by molar-refractivity contribution is -0.122. The monoisotopic (exact) mass is 418 g/mol. The lowest BCUT2D eigenvalue weighted by Gasteiger charge is -2.29. The topological polar surface area (TPSA) is 84.9 Å². The molecule has 1 amide bonds. The van der Waals surface area contributed by atoms with Gasteiger partial charge in [-0.25, -0.2) is 8.42 Å². The van der Waals surface area contributed by atoms with E-state index in [2.05, 4.69) is 5.32 Å². The van der Waals surface area contributed by atoms with E-state index in [0.717, 1.165) is 21.7 Å². The molecule has 0 unspecified atom stereocenters. The molecule has 8 heteroatoms. The molecule has 0 radical (unpaired) electrons. The van der Waals surface area contributed by atoms with E-state index in [1.165, 1.54) is 0 Å². The molecule has 0 saturated heterocycles. The number of hydrogen-bond acceptors (Lipinski definition) is 5. The number of carbonyl (C=O) groups excluding carboxylic acids is 1. The van der Waals surface area contributed by atoms with Crippen molar-refractivity contribution in [3.8, 4) is 11.5 Å². The Morgan fingerprint density at radius 3 is 2.41 bits per heavy atom. The Kier molecular flexibility index (Phi) is 6.02. The van der Waals surface area contributed by atoms with Crippen LogP contribution in [-0.4, -0.2) is 39.8 Å². The van der Waals surface area contributed by atoms with Crippen LogP contribution >= 0.6 is 0 Å². The van der Waals surface area contributed by atoms with Crippen LogP contribution in [0.3, 0.4) is 0 Å². The molecule has 0 aromatic heterocycles. The van der Waals surface area contributed by atoms with Crippen LogP contribution in [0.25, 0.3) is 0 Å². The van der Waals surface area contributed by atoms with Crippen molar-refractivity contribution in [2.45, 2.75) is 32.9 Å². The third kappa shape index (κ3) is 4.82. The summed E-state index contributed by atoms with van der Waals surface area (Å²) in [5, 5.41) is 2.90. The molecule has 0 spiro atoms. The Hall–Kier alpha value is -2.74. The number of anilines is 1. The summed E-state index contributed by atoms with van der Waals surface area (Å²) in [6, 6.07) is 11.3. The molecule has 29 heavy (non-hydrogen) atoms. The van der Waals surface area contributed by atoms with Crippen molar-refractivity contribution in [1.82, 2.24) is 5.32 Å². The molecule has 0 bridgehead atoms. The second kappa shape index (κ2) is 8.32. The predicted octanol–water partition coefficient (Wildman–Crippen LogP) is 2.80. The van der Waals surface area contributed by atoms with E-state index in [4.69, 9.17) is 9.47 Å². The van der Waals surface area contributed by atoms with Gasteiger partial charge in [-0.1, -0.05) is 18.2 Å². The fourth-order valence-electron chi connectivity index (χ4n) is 3.32. The minimum atomic E-state index is -3.66. The highest BCUT2D eigenvalue weighted by Crippen LogP contribution is 2.32. The molecule has 1 N–H and O–H groups in total. The Balaban J connectivity index is 1.79. The number of nitrogens with zero attached hydrogens (tertiary/aromatic N) is 1. The number of aryl methyl sites for hydroxylation is 1. The van der Waals surface area contributed by atoms with Gasteiger partial charge in [0.2, 0.25) is 15.9 Å². The Bertz CT molecular complexity index is 1010. The second-order valence-electron chi connectivity index (χ2n) is 7.21. The molecule has 1 heterocycles. The van der Waals surface area contributed by atoms with Crippen molar-refractivity contribution in [2.75, 3.05) is 23.8 Å². The quantitative estimate of drug-likeness (QED) is 0.780. The normalized spacial score (nSPS) is 15.3. The van der Waals surface area contributed by atoms with Gasteiger partial charge < -0.3 is 14.8 Å². The van der Waals surface area contributed by atoms with Crippen molar-refractivity contribution in [3.63, 3.8) is 0 Å². The highest BCUT2D eigenvalue weighted by molar-refractivity contribution is 7.92. The van der Waals surface area contributed by atoms with E-state index in [9.17, 15) is 13.2 Å². The maximum absolute atomic E-state index is 12.9. The highest BCUT2D eigenvalue weighted by atomic mass is 32.2. The van der Waals surface area contributed by atoms with Gasteiger partial charge in [0.1, 0.15) is 19.3 Å². The summed E-state index contributed by atoms with van der Waals surface area (Å²) in [5.41, 5.74) is 2.21. The van der Waals surface area contributed by atoms with Crippen molar-refractivity contribution < 1.29 is 22.7 Å². The van der Waals surface area contributed by atoms with Crippen LogP contribution in [-0.2, 0) is 14.8 Å². The molecular formula is C21H26N2O5S. The molecule has 3 rings (SSSR count). The minimum absolute atomic E-state index is 0.334. The van der Waals surface area contributed by atoms with E-state index in [0.29, 0.717) is 30.4 Å². The largest absolute Gasteiger partial charge is 0.486 e. The predicted molar refractivity (Wildman–Crippen MR) is 112 cm³/mol. The number of fused-ring (bicyclic) bond motifs is 1. The molecular weight excluding hydrogens is 392 g/mol. The molecule has 0 fully saturated rings. The van der Waals surface area contributed by atoms with Crippen LogP contribution in [0.5, 0.6) is 11.5 Å². The first-order chi connectivity index (χ1) is 13.7. The zero-order chi connectivity index (χ0) is 21.2. The van der Waals surface area contributed by atoms with Crippen LogP contribution in [0.15, 0.2) is 42.5 Å². The summed E-state index contributed by atoms with van der Waals surface area (Å²) in [6.45, 7) is 6.28. The van der Waals surface area contributed by atoms with Crippen molar-refractivity contribution >= 4 is 21.6 Å². The van der Waals surface area contributed by atoms with Gasteiger partial charge in [0.05, 0.1) is 18.0 Å². The second-order valence-corrected chi connectivity index (χ2v) is 9.07. The first-order valence-corrected chi connectivity index (χ1v) is 11.3. The van der Waals surface area contributed by atoms with Crippen LogP contribution in [0.1, 0.15) is 31.0 Å². The van der Waals surface area contributed by atoms with E-state index in [1.807, 2.05) is 38.1 Å². The average molecular weight is 419 g/mol. The van der Waals surface area contributed by atoms with Gasteiger partial charge in [-0.05, 0) is 56.2 Å². The fraction of sp³-hybridized carbons (Fsp3) is 0.381. The van der Waals surface area contributed by atoms with Gasteiger partial charge in [0, 0.05) is 0 Å². The SMILES string of the molecule is Cc1cccc(N([C@@H](C)C(=O)N[C@@H](C)c2ccc3c(c2)OCCO3)S(C)(=O)=O)c1. The summed E-state index contributed by atoms with van der Waals surface area (Å²) in [6.07, 6.45) is 1.10. The highest BCUT2D eigenvalue weighted by Gasteiger charge is 2.30. The lowest BCUT2D eigenvalue weighted by atomic mass is 10.1. The van der Waals surface area contributed by atoms with Crippen LogP contribution < -0.4 is 19.1 Å². The van der Waals surface area contributed by atoms with Gasteiger partial charge >= 0.3 is 0 Å². The van der Waals surface area contributed by atoms with Gasteiger partial charge in [0.15, 0.2) is 11.5 Å². The summed E-state index contributed by atoms with van der Waals surface area (Å²) in [5.74, 6) is 0.925. The third-order valence-electron chi connectivity index (χ3n) is 4.77. The van der Waals surface area contributed by atoms with Crippen LogP contribution in [0, 0.1) is 6.92 Å². The van der Waals surface area contributed by atoms with E-state index < -0.39 is 16.1 Å². The molecule has 1 aliphatic rings. The fourth-order valence-corrected chi connectivity index (χ4v) is 4.49. The Morgan fingerprint density at radius 2 is 1.76 bits per heavy atom. The number of ether oxygens (including phenoxy) is 2. The first-order valence-electron chi connectivity index (χ1n) is 9.43. The maximum atomic E-state index is 12.9. The molecule has 0 saturated carbocycles. The minimum Gasteiger partial charge on any atom is -0.486 e. The Morgan fingerprint density at radius 1 is 1.07 bits per heavy atom. The van der Waals surface area contributed by atoms with Crippen molar-refractivity contribution in [1.29, 1.82) is 0 Å². The van der Waals surface area contributed by atoms with Gasteiger partial charge in [-0.2, -0.15) is 0 Å². The van der Waals surface area contributed by atoms with Crippen molar-refractivity contribution in [3.05, 3.63) is 53.6 Å². The molecule has 2 aromatic carbocycles. The lowest BCUT2D eigenvalue weighted by Crippen LogP contribution is -2.48. The molecule has 1 aliphatic heterocycles. The average Bonchev–Trinajstić information content (AvgIpc) is 2.66. The van der Waals surface area contributed by atoms with Crippen molar-refractivity contribution in [2.24, 2.45) is 0 Å². The zero-order valence-electron chi connectivity index (χ0n) is 17.0. The van der Waals surface area contributed by atoms with Crippen LogP contribution in [0.2, 0.25) is 0 Å². The zero-order valence-corrected chi connectivity index (χ0v) is 17.8. The van der Waals surface area contributed by atoms with E-state index in [1.54, 1.807) is 25.1 Å². The third-order valence-corrected chi connectivity index (χ3v) is 6.01. The molecule has 7 nitrogen and oxygen atoms in total. The smallest absolute Gasteiger partial charge is 0.244 e. The summed E-state index contributed by atoms with van der Waals surface area (Å²) in [4.78, 5) is 12.9. The van der Waals surface area contributed by atoms with E-state index >= 15 is 0 Å². The summed E-state index contributed by atoms with van der Waals surface area (Å²) in [7, 11) is -3.66. The number of hydrogen-bond donors (Lipinski definition) is 1. The number of amides is 1. The van der Waals surface area contributed by atoms with Gasteiger partial charge in [0.25, 0.3) is 0 Å². The number of sulfonamides is 1. The molecule has 0 aliphatic carbocycles. The Labute approximate surface area is 171 Å².